The molecule has 1 N–H and O–H groups in total. The van der Waals surface area contributed by atoms with Gasteiger partial charge in [-0.05, 0) is 59.8 Å². The van der Waals surface area contributed by atoms with Crippen molar-refractivity contribution in [1.82, 2.24) is 5.32 Å². The standard InChI is InChI=1S/C16H19ClFNS/c1-2-19-14(7-6-12-8-9-20-11-12)10-13-4-3-5-15(17)16(13)18/h3-5,8-9,11,14,19H,2,6-7,10H2,1H3. The van der Waals surface area contributed by atoms with Crippen LogP contribution in [0.25, 0.3) is 0 Å². The zero-order valence-electron chi connectivity index (χ0n) is 11.5. The Bertz CT molecular complexity index is 527. The monoisotopic (exact) mass is 311 g/mol. The Balaban J connectivity index is 1.99. The summed E-state index contributed by atoms with van der Waals surface area (Å²) >= 11 is 7.55. The van der Waals surface area contributed by atoms with E-state index < -0.39 is 0 Å². The van der Waals surface area contributed by atoms with Crippen molar-refractivity contribution >= 4 is 22.9 Å². The minimum absolute atomic E-state index is 0.204. The lowest BCUT2D eigenvalue weighted by atomic mass is 9.99. The van der Waals surface area contributed by atoms with E-state index in [1.54, 1.807) is 17.4 Å². The highest BCUT2D eigenvalue weighted by Gasteiger charge is 2.13. The summed E-state index contributed by atoms with van der Waals surface area (Å²) in [6.45, 7) is 2.96. The van der Waals surface area contributed by atoms with Gasteiger partial charge < -0.3 is 5.32 Å². The lowest BCUT2D eigenvalue weighted by Crippen LogP contribution is -2.31. The second-order valence-electron chi connectivity index (χ2n) is 4.84. The Morgan fingerprint density at radius 2 is 2.20 bits per heavy atom. The van der Waals surface area contributed by atoms with Crippen LogP contribution in [0.1, 0.15) is 24.5 Å². The van der Waals surface area contributed by atoms with Gasteiger partial charge in [0.25, 0.3) is 0 Å². The summed E-state index contributed by atoms with van der Waals surface area (Å²) in [5, 5.41) is 7.90. The van der Waals surface area contributed by atoms with Crippen LogP contribution in [-0.2, 0) is 12.8 Å². The molecule has 0 spiro atoms. The van der Waals surface area contributed by atoms with Gasteiger partial charge in [0.2, 0.25) is 0 Å². The number of halogens is 2. The van der Waals surface area contributed by atoms with Crippen LogP contribution < -0.4 is 5.32 Å². The number of hydrogen-bond acceptors (Lipinski definition) is 2. The fourth-order valence-corrected chi connectivity index (χ4v) is 3.21. The molecule has 0 aliphatic carbocycles. The van der Waals surface area contributed by atoms with Gasteiger partial charge >= 0.3 is 0 Å². The molecule has 1 nitrogen and oxygen atoms in total. The molecule has 2 aromatic rings. The predicted molar refractivity (Wildman–Crippen MR) is 85.2 cm³/mol. The van der Waals surface area contributed by atoms with Crippen molar-refractivity contribution in [3.63, 3.8) is 0 Å². The molecule has 0 aliphatic rings. The van der Waals surface area contributed by atoms with Gasteiger partial charge in [-0.3, -0.25) is 0 Å². The first-order valence-corrected chi connectivity index (χ1v) is 8.20. The van der Waals surface area contributed by atoms with Crippen molar-refractivity contribution in [3.8, 4) is 0 Å². The maximum Gasteiger partial charge on any atom is 0.145 e. The molecule has 1 atom stereocenters. The first kappa shape index (κ1) is 15.5. The van der Waals surface area contributed by atoms with E-state index in [1.807, 2.05) is 12.1 Å². The van der Waals surface area contributed by atoms with Gasteiger partial charge in [0.1, 0.15) is 5.82 Å². The van der Waals surface area contributed by atoms with Gasteiger partial charge in [0.05, 0.1) is 5.02 Å². The normalized spacial score (nSPS) is 12.6. The smallest absolute Gasteiger partial charge is 0.145 e. The van der Waals surface area contributed by atoms with E-state index in [1.165, 1.54) is 5.56 Å². The fraction of sp³-hybridized carbons (Fsp3) is 0.375. The average molecular weight is 312 g/mol. The third-order valence-corrected chi connectivity index (χ3v) is 4.38. The fourth-order valence-electron chi connectivity index (χ4n) is 2.31. The minimum atomic E-state index is -0.285. The highest BCUT2D eigenvalue weighted by atomic mass is 35.5. The Morgan fingerprint density at radius 3 is 2.90 bits per heavy atom. The van der Waals surface area contributed by atoms with E-state index in [9.17, 15) is 4.39 Å². The Hall–Kier alpha value is -0.900. The van der Waals surface area contributed by atoms with E-state index in [0.29, 0.717) is 12.0 Å². The molecule has 1 aromatic heterocycles. The largest absolute Gasteiger partial charge is 0.314 e. The zero-order chi connectivity index (χ0) is 14.4. The third kappa shape index (κ3) is 4.30. The van der Waals surface area contributed by atoms with E-state index >= 15 is 0 Å². The van der Waals surface area contributed by atoms with Gasteiger partial charge in [-0.15, -0.1) is 0 Å². The summed E-state index contributed by atoms with van der Waals surface area (Å²) < 4.78 is 14.0. The number of nitrogens with one attached hydrogen (secondary N) is 1. The Morgan fingerprint density at radius 1 is 1.35 bits per heavy atom. The molecule has 0 fully saturated rings. The zero-order valence-corrected chi connectivity index (χ0v) is 13.1. The molecule has 0 aliphatic heterocycles. The first-order valence-electron chi connectivity index (χ1n) is 6.88. The van der Waals surface area contributed by atoms with E-state index in [2.05, 4.69) is 29.1 Å². The van der Waals surface area contributed by atoms with Crippen molar-refractivity contribution in [1.29, 1.82) is 0 Å². The van der Waals surface area contributed by atoms with Crippen molar-refractivity contribution < 1.29 is 4.39 Å². The van der Waals surface area contributed by atoms with Crippen LogP contribution in [0.15, 0.2) is 35.0 Å². The maximum atomic E-state index is 14.0. The van der Waals surface area contributed by atoms with Crippen LogP contribution in [0.3, 0.4) is 0 Å². The summed E-state index contributed by atoms with van der Waals surface area (Å²) in [4.78, 5) is 0. The predicted octanol–water partition coefficient (Wildman–Crippen LogP) is 4.69. The number of likely N-dealkylation sites (N-methyl/N-ethyl adjacent to an activating group) is 1. The molecule has 0 bridgehead atoms. The molecule has 1 aromatic carbocycles. The summed E-state index contributed by atoms with van der Waals surface area (Å²) in [6, 6.07) is 7.63. The lowest BCUT2D eigenvalue weighted by molar-refractivity contribution is 0.480. The highest BCUT2D eigenvalue weighted by molar-refractivity contribution is 7.07. The molecule has 2 rings (SSSR count). The van der Waals surface area contributed by atoms with E-state index in [-0.39, 0.29) is 16.9 Å². The van der Waals surface area contributed by atoms with Gasteiger partial charge in [0.15, 0.2) is 0 Å². The number of thiophene rings is 1. The van der Waals surface area contributed by atoms with E-state index in [0.717, 1.165) is 19.4 Å². The van der Waals surface area contributed by atoms with Crippen LogP contribution in [-0.4, -0.2) is 12.6 Å². The second kappa shape index (κ2) is 7.77. The topological polar surface area (TPSA) is 12.0 Å². The molecule has 0 saturated heterocycles. The molecular weight excluding hydrogens is 293 g/mol. The number of hydrogen-bond donors (Lipinski definition) is 1. The summed E-state index contributed by atoms with van der Waals surface area (Å²) in [5.74, 6) is -0.285. The third-order valence-electron chi connectivity index (χ3n) is 3.35. The molecule has 0 amide bonds. The summed E-state index contributed by atoms with van der Waals surface area (Å²) in [5.41, 5.74) is 2.04. The van der Waals surface area contributed by atoms with Crippen molar-refractivity contribution in [2.75, 3.05) is 6.54 Å². The molecule has 1 heterocycles. The minimum Gasteiger partial charge on any atom is -0.314 e. The second-order valence-corrected chi connectivity index (χ2v) is 6.03. The van der Waals surface area contributed by atoms with Crippen LogP contribution in [0.5, 0.6) is 0 Å². The summed E-state index contributed by atoms with van der Waals surface area (Å²) in [6.07, 6.45) is 2.68. The molecule has 108 valence electrons. The lowest BCUT2D eigenvalue weighted by Gasteiger charge is -2.18. The number of aryl methyl sites for hydroxylation is 1. The average Bonchev–Trinajstić information content (AvgIpc) is 2.94. The van der Waals surface area contributed by atoms with Crippen LogP contribution in [0.2, 0.25) is 5.02 Å². The quantitative estimate of drug-likeness (QED) is 0.782. The highest BCUT2D eigenvalue weighted by Crippen LogP contribution is 2.20. The molecule has 20 heavy (non-hydrogen) atoms. The molecule has 1 unspecified atom stereocenters. The number of rotatable bonds is 7. The van der Waals surface area contributed by atoms with Crippen LogP contribution >= 0.6 is 22.9 Å². The van der Waals surface area contributed by atoms with Gasteiger partial charge in [-0.2, -0.15) is 11.3 Å². The number of benzene rings is 1. The van der Waals surface area contributed by atoms with Gasteiger partial charge in [0, 0.05) is 6.04 Å². The maximum absolute atomic E-state index is 14.0. The van der Waals surface area contributed by atoms with Gasteiger partial charge in [-0.1, -0.05) is 30.7 Å². The molecule has 0 radical (unpaired) electrons. The van der Waals surface area contributed by atoms with Crippen LogP contribution in [0.4, 0.5) is 4.39 Å². The SMILES string of the molecule is CCNC(CCc1ccsc1)Cc1cccc(Cl)c1F. The van der Waals surface area contributed by atoms with Gasteiger partial charge in [-0.25, -0.2) is 4.39 Å². The molecular formula is C16H19ClFNS. The Kier molecular flexibility index (Phi) is 6.02. The van der Waals surface area contributed by atoms with Crippen molar-refractivity contribution in [3.05, 3.63) is 57.0 Å². The first-order chi connectivity index (χ1) is 9.70. The Labute approximate surface area is 128 Å². The summed E-state index contributed by atoms with van der Waals surface area (Å²) in [7, 11) is 0. The van der Waals surface area contributed by atoms with E-state index in [4.69, 9.17) is 11.6 Å². The molecule has 4 heteroatoms. The van der Waals surface area contributed by atoms with Crippen molar-refractivity contribution in [2.45, 2.75) is 32.2 Å². The van der Waals surface area contributed by atoms with Crippen LogP contribution in [0, 0.1) is 5.82 Å². The molecule has 0 saturated carbocycles. The van der Waals surface area contributed by atoms with Crippen molar-refractivity contribution in [2.24, 2.45) is 0 Å².